The number of allylic oxidation sites excluding steroid dienone is 1. The molecule has 6 nitrogen and oxygen atoms in total. The lowest BCUT2D eigenvalue weighted by molar-refractivity contribution is 0.324. The fourth-order valence-corrected chi connectivity index (χ4v) is 4.63. The van der Waals surface area contributed by atoms with Gasteiger partial charge in [0.1, 0.15) is 0 Å². The molecule has 3 aromatic carbocycles. The zero-order valence-corrected chi connectivity index (χ0v) is 19.2. The molecule has 0 bridgehead atoms. The van der Waals surface area contributed by atoms with Crippen molar-refractivity contribution >= 4 is 22.5 Å². The first kappa shape index (κ1) is 21.8. The number of methoxy groups -OCH3 is 3. The monoisotopic (exact) mass is 447 g/mol. The van der Waals surface area contributed by atoms with Gasteiger partial charge in [-0.25, -0.2) is 0 Å². The average molecular weight is 448 g/mol. The Morgan fingerprint density at radius 1 is 0.938 bits per heavy atom. The van der Waals surface area contributed by atoms with E-state index in [0.29, 0.717) is 29.6 Å². The van der Waals surface area contributed by atoms with Crippen molar-refractivity contribution in [2.24, 2.45) is 0 Å². The first-order valence-electron chi connectivity index (χ1n) is 10.1. The minimum absolute atomic E-state index is 0.541. The van der Waals surface area contributed by atoms with Crippen LogP contribution < -0.4 is 14.2 Å². The number of ether oxygens (including phenoxy) is 3. The third-order valence-electron chi connectivity index (χ3n) is 5.19. The van der Waals surface area contributed by atoms with Gasteiger partial charge in [0.15, 0.2) is 22.5 Å². The number of thioether (sulfide) groups is 1. The normalized spacial score (nSPS) is 10.8. The Labute approximate surface area is 191 Å². The van der Waals surface area contributed by atoms with Gasteiger partial charge in [0.05, 0.1) is 21.3 Å². The lowest BCUT2D eigenvalue weighted by Gasteiger charge is -2.14. The van der Waals surface area contributed by atoms with Crippen LogP contribution in [-0.2, 0) is 12.3 Å². The van der Waals surface area contributed by atoms with Crippen LogP contribution in [0.5, 0.6) is 17.2 Å². The Kier molecular flexibility index (Phi) is 6.66. The number of nitrogens with zero attached hydrogens (tertiary/aromatic N) is 3. The van der Waals surface area contributed by atoms with E-state index in [1.165, 1.54) is 16.3 Å². The summed E-state index contributed by atoms with van der Waals surface area (Å²) in [7, 11) is 4.78. The first-order chi connectivity index (χ1) is 15.7. The topological polar surface area (TPSA) is 58.4 Å². The third kappa shape index (κ3) is 4.16. The number of hydrogen-bond acceptors (Lipinski definition) is 6. The molecule has 7 heteroatoms. The van der Waals surface area contributed by atoms with Gasteiger partial charge < -0.3 is 14.2 Å². The molecule has 0 spiro atoms. The number of fused-ring (bicyclic) bond motifs is 1. The lowest BCUT2D eigenvalue weighted by Crippen LogP contribution is -2.02. The molecule has 164 valence electrons. The van der Waals surface area contributed by atoms with Crippen LogP contribution >= 0.6 is 11.8 Å². The molecule has 1 aromatic heterocycles. The summed E-state index contributed by atoms with van der Waals surface area (Å²) in [5, 5.41) is 12.3. The molecular weight excluding hydrogens is 422 g/mol. The van der Waals surface area contributed by atoms with Crippen molar-refractivity contribution in [2.75, 3.05) is 21.3 Å². The summed E-state index contributed by atoms with van der Waals surface area (Å²) in [6.07, 6.45) is 1.84. The SMILES string of the molecule is C=CCn1c(SCc2cccc3ccccc23)nnc1-c1cc(OC)c(OC)c(OC)c1. The van der Waals surface area contributed by atoms with Gasteiger partial charge in [-0.2, -0.15) is 0 Å². The maximum absolute atomic E-state index is 5.51. The van der Waals surface area contributed by atoms with Gasteiger partial charge in [-0.1, -0.05) is 60.3 Å². The number of hydrogen-bond donors (Lipinski definition) is 0. The van der Waals surface area contributed by atoms with Crippen molar-refractivity contribution in [3.05, 3.63) is 72.8 Å². The second-order valence-corrected chi connectivity index (χ2v) is 7.99. The van der Waals surface area contributed by atoms with Crippen LogP contribution in [0.25, 0.3) is 22.2 Å². The quantitative estimate of drug-likeness (QED) is 0.246. The second-order valence-electron chi connectivity index (χ2n) is 7.05. The van der Waals surface area contributed by atoms with Gasteiger partial charge in [-0.05, 0) is 28.5 Å². The van der Waals surface area contributed by atoms with Crippen molar-refractivity contribution in [3.8, 4) is 28.6 Å². The highest BCUT2D eigenvalue weighted by Gasteiger charge is 2.19. The molecule has 0 fully saturated rings. The number of benzene rings is 3. The van der Waals surface area contributed by atoms with Crippen LogP contribution in [0.2, 0.25) is 0 Å². The van der Waals surface area contributed by atoms with Crippen LogP contribution in [0.1, 0.15) is 5.56 Å². The smallest absolute Gasteiger partial charge is 0.203 e. The largest absolute Gasteiger partial charge is 0.493 e. The maximum Gasteiger partial charge on any atom is 0.203 e. The summed E-state index contributed by atoms with van der Waals surface area (Å²) in [6.45, 7) is 4.49. The number of rotatable bonds is 9. The summed E-state index contributed by atoms with van der Waals surface area (Å²) < 4.78 is 18.5. The Morgan fingerprint density at radius 3 is 2.34 bits per heavy atom. The van der Waals surface area contributed by atoms with E-state index < -0.39 is 0 Å². The summed E-state index contributed by atoms with van der Waals surface area (Å²) >= 11 is 1.65. The van der Waals surface area contributed by atoms with Crippen LogP contribution in [-0.4, -0.2) is 36.1 Å². The molecule has 4 rings (SSSR count). The molecule has 0 amide bonds. The highest BCUT2D eigenvalue weighted by atomic mass is 32.2. The van der Waals surface area contributed by atoms with E-state index in [4.69, 9.17) is 14.2 Å². The third-order valence-corrected chi connectivity index (χ3v) is 6.20. The van der Waals surface area contributed by atoms with Crippen LogP contribution in [0.3, 0.4) is 0 Å². The minimum Gasteiger partial charge on any atom is -0.493 e. The molecule has 1 heterocycles. The van der Waals surface area contributed by atoms with E-state index in [-0.39, 0.29) is 0 Å². The molecule has 0 N–H and O–H groups in total. The van der Waals surface area contributed by atoms with Gasteiger partial charge in [-0.15, -0.1) is 16.8 Å². The zero-order valence-electron chi connectivity index (χ0n) is 18.4. The fraction of sp³-hybridized carbons (Fsp3) is 0.200. The lowest BCUT2D eigenvalue weighted by atomic mass is 10.1. The molecule has 0 unspecified atom stereocenters. The molecule has 0 radical (unpaired) electrons. The van der Waals surface area contributed by atoms with Crippen molar-refractivity contribution in [2.45, 2.75) is 17.5 Å². The van der Waals surface area contributed by atoms with Gasteiger partial charge in [0.2, 0.25) is 5.75 Å². The number of aromatic nitrogens is 3. The molecule has 0 aliphatic carbocycles. The zero-order chi connectivity index (χ0) is 22.5. The van der Waals surface area contributed by atoms with E-state index in [1.54, 1.807) is 33.1 Å². The summed E-state index contributed by atoms with van der Waals surface area (Å²) in [6, 6.07) is 18.5. The van der Waals surface area contributed by atoms with Crippen LogP contribution in [0, 0.1) is 0 Å². The Hall–Kier alpha value is -3.45. The highest BCUT2D eigenvalue weighted by molar-refractivity contribution is 7.98. The molecule has 0 saturated carbocycles. The standard InChI is InChI=1S/C25H25N3O3S/c1-5-13-28-24(19-14-21(29-2)23(31-4)22(15-19)30-3)26-27-25(28)32-16-18-11-8-10-17-9-6-7-12-20(17)18/h5-12,14-15H,1,13,16H2,2-4H3. The Morgan fingerprint density at radius 2 is 1.66 bits per heavy atom. The highest BCUT2D eigenvalue weighted by Crippen LogP contribution is 2.41. The Balaban J connectivity index is 1.69. The molecule has 0 aliphatic heterocycles. The average Bonchev–Trinajstić information content (AvgIpc) is 3.24. The van der Waals surface area contributed by atoms with E-state index in [0.717, 1.165) is 16.5 Å². The van der Waals surface area contributed by atoms with Crippen LogP contribution in [0.15, 0.2) is 72.4 Å². The van der Waals surface area contributed by atoms with Gasteiger partial charge >= 0.3 is 0 Å². The first-order valence-corrected chi connectivity index (χ1v) is 11.1. The van der Waals surface area contributed by atoms with Crippen molar-refractivity contribution in [1.82, 2.24) is 14.8 Å². The molecule has 4 aromatic rings. The molecule has 0 atom stereocenters. The van der Waals surface area contributed by atoms with E-state index in [9.17, 15) is 0 Å². The predicted molar refractivity (Wildman–Crippen MR) is 129 cm³/mol. The van der Waals surface area contributed by atoms with E-state index >= 15 is 0 Å². The van der Waals surface area contributed by atoms with Crippen molar-refractivity contribution in [1.29, 1.82) is 0 Å². The fourth-order valence-electron chi connectivity index (χ4n) is 3.67. The van der Waals surface area contributed by atoms with Gasteiger partial charge in [0.25, 0.3) is 0 Å². The molecular formula is C25H25N3O3S. The Bertz CT molecular complexity index is 1220. The second kappa shape index (κ2) is 9.78. The maximum atomic E-state index is 5.51. The summed E-state index contributed by atoms with van der Waals surface area (Å²) in [4.78, 5) is 0. The van der Waals surface area contributed by atoms with E-state index in [1.807, 2.05) is 22.8 Å². The summed E-state index contributed by atoms with van der Waals surface area (Å²) in [5.41, 5.74) is 2.08. The summed E-state index contributed by atoms with van der Waals surface area (Å²) in [5.74, 6) is 3.18. The van der Waals surface area contributed by atoms with Crippen molar-refractivity contribution in [3.63, 3.8) is 0 Å². The predicted octanol–water partition coefficient (Wildman–Crippen LogP) is 5.60. The molecule has 32 heavy (non-hydrogen) atoms. The van der Waals surface area contributed by atoms with Gasteiger partial charge in [-0.3, -0.25) is 4.57 Å². The molecule has 0 aliphatic rings. The van der Waals surface area contributed by atoms with Crippen molar-refractivity contribution < 1.29 is 14.2 Å². The van der Waals surface area contributed by atoms with Crippen LogP contribution in [0.4, 0.5) is 0 Å². The van der Waals surface area contributed by atoms with Gasteiger partial charge in [0, 0.05) is 17.9 Å². The minimum atomic E-state index is 0.541. The molecule has 0 saturated heterocycles. The van der Waals surface area contributed by atoms with E-state index in [2.05, 4.69) is 59.2 Å².